The van der Waals surface area contributed by atoms with Gasteiger partial charge in [0.25, 0.3) is 5.91 Å². The number of carbonyl (C=O) groups excluding carboxylic acids is 1. The Morgan fingerprint density at radius 2 is 2.10 bits per heavy atom. The molecular weight excluding hydrogens is 270 g/mol. The maximum Gasteiger partial charge on any atom is 0.338 e. The zero-order chi connectivity index (χ0) is 15.4. The minimum Gasteiger partial charge on any atom is -0.478 e. The van der Waals surface area contributed by atoms with Crippen molar-refractivity contribution in [3.8, 4) is 0 Å². The van der Waals surface area contributed by atoms with Crippen LogP contribution in [0.5, 0.6) is 0 Å². The molecule has 6 nitrogen and oxygen atoms in total. The fraction of sp³-hybridized carbons (Fsp3) is 0.133. The van der Waals surface area contributed by atoms with E-state index < -0.39 is 11.9 Å². The highest BCUT2D eigenvalue weighted by molar-refractivity contribution is 6.08. The fourth-order valence-corrected chi connectivity index (χ4v) is 1.98. The Bertz CT molecular complexity index is 698. The summed E-state index contributed by atoms with van der Waals surface area (Å²) < 4.78 is 0. The van der Waals surface area contributed by atoms with E-state index in [1.807, 2.05) is 0 Å². The van der Waals surface area contributed by atoms with Gasteiger partial charge in [0.15, 0.2) is 0 Å². The molecule has 0 fully saturated rings. The molecule has 2 aromatic rings. The summed E-state index contributed by atoms with van der Waals surface area (Å²) in [6, 6.07) is 8.04. The highest BCUT2D eigenvalue weighted by atomic mass is 16.4. The van der Waals surface area contributed by atoms with Crippen molar-refractivity contribution < 1.29 is 14.7 Å². The lowest BCUT2D eigenvalue weighted by molar-refractivity contribution is 0.0697. The number of amides is 1. The first kappa shape index (κ1) is 14.7. The Morgan fingerprint density at radius 3 is 2.76 bits per heavy atom. The third-order valence-corrected chi connectivity index (χ3v) is 3.02. The summed E-state index contributed by atoms with van der Waals surface area (Å²) in [6.45, 7) is 1.91. The van der Waals surface area contributed by atoms with Crippen LogP contribution in [0.3, 0.4) is 0 Å². The molecule has 0 aliphatic heterocycles. The SMILES string of the molecule is Cc1cccc(NC(=O)c2ccnc(CN)c2)c1C(=O)O. The van der Waals surface area contributed by atoms with Crippen LogP contribution >= 0.6 is 0 Å². The van der Waals surface area contributed by atoms with Crippen LogP contribution in [0, 0.1) is 6.92 Å². The lowest BCUT2D eigenvalue weighted by atomic mass is 10.1. The third kappa shape index (κ3) is 3.24. The summed E-state index contributed by atoms with van der Waals surface area (Å²) in [5.41, 5.74) is 7.38. The van der Waals surface area contributed by atoms with Crippen LogP contribution in [0.1, 0.15) is 32.0 Å². The summed E-state index contributed by atoms with van der Waals surface area (Å²) in [7, 11) is 0. The number of aromatic carboxylic acids is 1. The zero-order valence-electron chi connectivity index (χ0n) is 11.5. The van der Waals surface area contributed by atoms with E-state index in [1.54, 1.807) is 37.3 Å². The first-order valence-corrected chi connectivity index (χ1v) is 6.32. The number of rotatable bonds is 4. The number of nitrogens with one attached hydrogen (secondary N) is 1. The second-order valence-corrected chi connectivity index (χ2v) is 4.50. The Labute approximate surface area is 121 Å². The van der Waals surface area contributed by atoms with Crippen molar-refractivity contribution in [2.24, 2.45) is 5.73 Å². The van der Waals surface area contributed by atoms with E-state index in [-0.39, 0.29) is 17.8 Å². The first-order chi connectivity index (χ1) is 10.0. The number of anilines is 1. The van der Waals surface area contributed by atoms with E-state index in [4.69, 9.17) is 5.73 Å². The monoisotopic (exact) mass is 285 g/mol. The van der Waals surface area contributed by atoms with Gasteiger partial charge in [-0.3, -0.25) is 9.78 Å². The molecule has 0 radical (unpaired) electrons. The Morgan fingerprint density at radius 1 is 1.33 bits per heavy atom. The molecule has 2 rings (SSSR count). The molecule has 4 N–H and O–H groups in total. The van der Waals surface area contributed by atoms with Crippen LogP contribution in [-0.4, -0.2) is 22.0 Å². The number of aryl methyl sites for hydroxylation is 1. The second-order valence-electron chi connectivity index (χ2n) is 4.50. The summed E-state index contributed by atoms with van der Waals surface area (Å²) in [6.07, 6.45) is 1.49. The van der Waals surface area contributed by atoms with Crippen molar-refractivity contribution in [1.82, 2.24) is 4.98 Å². The lowest BCUT2D eigenvalue weighted by Crippen LogP contribution is -2.16. The van der Waals surface area contributed by atoms with Crippen LogP contribution in [0.2, 0.25) is 0 Å². The topological polar surface area (TPSA) is 105 Å². The van der Waals surface area contributed by atoms with Crippen molar-refractivity contribution in [3.05, 3.63) is 58.9 Å². The third-order valence-electron chi connectivity index (χ3n) is 3.02. The Kier molecular flexibility index (Phi) is 4.30. The van der Waals surface area contributed by atoms with E-state index >= 15 is 0 Å². The zero-order valence-corrected chi connectivity index (χ0v) is 11.5. The standard InChI is InChI=1S/C15H15N3O3/c1-9-3-2-4-12(13(9)15(20)21)18-14(19)10-5-6-17-11(7-10)8-16/h2-7H,8,16H2,1H3,(H,18,19)(H,20,21). The number of hydrogen-bond donors (Lipinski definition) is 3. The second kappa shape index (κ2) is 6.15. The molecule has 108 valence electrons. The molecule has 1 heterocycles. The summed E-state index contributed by atoms with van der Waals surface area (Å²) in [5.74, 6) is -1.49. The Hall–Kier alpha value is -2.73. The van der Waals surface area contributed by atoms with Crippen LogP contribution in [0.15, 0.2) is 36.5 Å². The quantitative estimate of drug-likeness (QED) is 0.794. The van der Waals surface area contributed by atoms with Gasteiger partial charge in [-0.1, -0.05) is 12.1 Å². The Balaban J connectivity index is 2.31. The van der Waals surface area contributed by atoms with Crippen molar-refractivity contribution in [1.29, 1.82) is 0 Å². The van der Waals surface area contributed by atoms with Crippen LogP contribution in [0.4, 0.5) is 5.69 Å². The van der Waals surface area contributed by atoms with E-state index in [1.165, 1.54) is 6.20 Å². The van der Waals surface area contributed by atoms with Gasteiger partial charge in [0.05, 0.1) is 16.9 Å². The maximum atomic E-state index is 12.2. The van der Waals surface area contributed by atoms with E-state index in [0.717, 1.165) is 0 Å². The molecule has 1 aromatic carbocycles. The van der Waals surface area contributed by atoms with Gasteiger partial charge in [0, 0.05) is 18.3 Å². The van der Waals surface area contributed by atoms with E-state index in [2.05, 4.69) is 10.3 Å². The smallest absolute Gasteiger partial charge is 0.338 e. The minimum atomic E-state index is -1.08. The molecular formula is C15H15N3O3. The molecule has 0 spiro atoms. The summed E-state index contributed by atoms with van der Waals surface area (Å²) in [4.78, 5) is 27.5. The predicted octanol–water partition coefficient (Wildman–Crippen LogP) is 1.80. The van der Waals surface area contributed by atoms with Gasteiger partial charge in [-0.15, -0.1) is 0 Å². The maximum absolute atomic E-state index is 12.2. The van der Waals surface area contributed by atoms with Crippen LogP contribution < -0.4 is 11.1 Å². The molecule has 0 aliphatic carbocycles. The predicted molar refractivity (Wildman–Crippen MR) is 78.2 cm³/mol. The number of nitrogens with zero attached hydrogens (tertiary/aromatic N) is 1. The van der Waals surface area contributed by atoms with Gasteiger partial charge in [-0.25, -0.2) is 4.79 Å². The highest BCUT2D eigenvalue weighted by Crippen LogP contribution is 2.20. The molecule has 1 amide bonds. The fourth-order valence-electron chi connectivity index (χ4n) is 1.98. The molecule has 0 saturated carbocycles. The molecule has 0 bridgehead atoms. The number of hydrogen-bond acceptors (Lipinski definition) is 4. The van der Waals surface area contributed by atoms with Gasteiger partial charge in [-0.2, -0.15) is 0 Å². The number of nitrogens with two attached hydrogens (primary N) is 1. The van der Waals surface area contributed by atoms with Crippen LogP contribution in [0.25, 0.3) is 0 Å². The number of carbonyl (C=O) groups is 2. The van der Waals surface area contributed by atoms with Crippen molar-refractivity contribution >= 4 is 17.6 Å². The first-order valence-electron chi connectivity index (χ1n) is 6.32. The van der Waals surface area contributed by atoms with Crippen molar-refractivity contribution in [3.63, 3.8) is 0 Å². The number of carboxylic acid groups (broad SMARTS) is 1. The molecule has 21 heavy (non-hydrogen) atoms. The number of aromatic nitrogens is 1. The highest BCUT2D eigenvalue weighted by Gasteiger charge is 2.15. The number of benzene rings is 1. The minimum absolute atomic E-state index is 0.0824. The number of pyridine rings is 1. The molecule has 1 aromatic heterocycles. The normalized spacial score (nSPS) is 10.2. The van der Waals surface area contributed by atoms with Gasteiger partial charge < -0.3 is 16.2 Å². The number of carboxylic acids is 1. The molecule has 0 saturated heterocycles. The van der Waals surface area contributed by atoms with Gasteiger partial charge in [0.1, 0.15) is 0 Å². The summed E-state index contributed by atoms with van der Waals surface area (Å²) >= 11 is 0. The largest absolute Gasteiger partial charge is 0.478 e. The average molecular weight is 285 g/mol. The van der Waals surface area contributed by atoms with Crippen molar-refractivity contribution in [2.45, 2.75) is 13.5 Å². The summed E-state index contributed by atoms with van der Waals surface area (Å²) in [5, 5.41) is 11.8. The molecule has 0 unspecified atom stereocenters. The van der Waals surface area contributed by atoms with E-state index in [9.17, 15) is 14.7 Å². The van der Waals surface area contributed by atoms with Gasteiger partial charge >= 0.3 is 5.97 Å². The molecule has 0 aliphatic rings. The molecule has 0 atom stereocenters. The lowest BCUT2D eigenvalue weighted by Gasteiger charge is -2.11. The average Bonchev–Trinajstić information content (AvgIpc) is 2.47. The van der Waals surface area contributed by atoms with Gasteiger partial charge in [-0.05, 0) is 30.7 Å². The molecule has 6 heteroatoms. The van der Waals surface area contributed by atoms with Crippen LogP contribution in [-0.2, 0) is 6.54 Å². The van der Waals surface area contributed by atoms with Gasteiger partial charge in [0.2, 0.25) is 0 Å². The van der Waals surface area contributed by atoms with Crippen molar-refractivity contribution in [2.75, 3.05) is 5.32 Å². The van der Waals surface area contributed by atoms with E-state index in [0.29, 0.717) is 16.8 Å².